The van der Waals surface area contributed by atoms with Crippen molar-refractivity contribution in [3.8, 4) is 46.0 Å². The Morgan fingerprint density at radius 3 is 0.711 bits per heavy atom. The van der Waals surface area contributed by atoms with Gasteiger partial charge in [0.2, 0.25) is 0 Å². The summed E-state index contributed by atoms with van der Waals surface area (Å²) in [5, 5.41) is 0. The van der Waals surface area contributed by atoms with Gasteiger partial charge in [-0.3, -0.25) is 0 Å². The molecule has 0 fully saturated rings. The number of rotatable bonds is 33. The Morgan fingerprint density at radius 2 is 0.410 bits per heavy atom. The molecule has 8 heteroatoms. The molecule has 0 atom stereocenters. The highest BCUT2D eigenvalue weighted by molar-refractivity contribution is 5.41. The van der Waals surface area contributed by atoms with E-state index in [0.717, 1.165) is 134 Å². The molecule has 0 amide bonds. The molecule has 0 saturated heterocycles. The molecule has 0 aromatic heterocycles. The zero-order chi connectivity index (χ0) is 58.7. The molecule has 0 aliphatic heterocycles. The van der Waals surface area contributed by atoms with E-state index in [1.54, 1.807) is 0 Å². The van der Waals surface area contributed by atoms with Crippen molar-refractivity contribution in [1.29, 1.82) is 0 Å². The number of unbranched alkanes of at least 4 members (excludes halogenated alkanes) is 9. The fourth-order valence-electron chi connectivity index (χ4n) is 7.75. The molecule has 8 nitrogen and oxygen atoms in total. The second kappa shape index (κ2) is 46.7. The summed E-state index contributed by atoms with van der Waals surface area (Å²) in [6.07, 6.45) is 16.5. The Labute approximate surface area is 500 Å². The number of hydrogen-bond acceptors (Lipinski definition) is 8. The third-order valence-electron chi connectivity index (χ3n) is 12.5. The van der Waals surface area contributed by atoms with Gasteiger partial charge in [0.15, 0.2) is 34.5 Å². The molecule has 0 bridgehead atoms. The largest absolute Gasteiger partial charge is 0.494 e. The standard InChI is InChI=1S/C19H24O2.C18H22O2.C17H20O2.C11H16O.C10H14O/c1-2-3-4-10-15-20-18-13-8-9-14-19(18)21-16-17-11-6-5-7-12-17;1-2-3-9-14-19-17-12-7-8-13-18(17)20-15-16-10-5-4-6-11-16;1-2-3-13-18-16-11-7-8-12-17(16)19-14-15-9-5-4-6-10-15;1-2-3-7-10-12-11-8-5-4-6-9-11;1-2-3-9-11-10-7-5-4-6-8-10/h5-9,11-14H,2-4,10,15-16H2,1H3;4-8,10-13H,2-3,9,14-15H2,1H3;4-12H,2-3,13-14H2,1H3;4-6,8-9H,2-3,7,10H2,1H3;4-8H,2-3,9H2,1H3. The third kappa shape index (κ3) is 32.4. The average molecular weight is 1130 g/mol. The van der Waals surface area contributed by atoms with Gasteiger partial charge < -0.3 is 37.9 Å². The lowest BCUT2D eigenvalue weighted by Gasteiger charge is -2.12. The fourth-order valence-corrected chi connectivity index (χ4v) is 7.75. The van der Waals surface area contributed by atoms with E-state index in [-0.39, 0.29) is 0 Å². The molecule has 8 aromatic carbocycles. The van der Waals surface area contributed by atoms with E-state index in [1.165, 1.54) is 51.4 Å². The SMILES string of the molecule is CCCCCCOc1ccccc1OCc1ccccc1.CCCCCOc1ccccc1.CCCCCOc1ccccc1OCc1ccccc1.CCCCOc1ccccc1.CCCCOc1ccccc1OCc1ccccc1. The molecular weight excluding hydrogens is 1030 g/mol. The van der Waals surface area contributed by atoms with E-state index in [2.05, 4.69) is 71.0 Å². The van der Waals surface area contributed by atoms with Crippen molar-refractivity contribution in [2.24, 2.45) is 0 Å². The van der Waals surface area contributed by atoms with Crippen LogP contribution in [0.25, 0.3) is 0 Å². The minimum absolute atomic E-state index is 0.564. The Hall–Kier alpha value is -7.84. The van der Waals surface area contributed by atoms with Gasteiger partial charge in [0.05, 0.1) is 33.0 Å². The molecule has 0 unspecified atom stereocenters. The van der Waals surface area contributed by atoms with E-state index in [9.17, 15) is 0 Å². The van der Waals surface area contributed by atoms with Crippen molar-refractivity contribution >= 4 is 0 Å². The van der Waals surface area contributed by atoms with Gasteiger partial charge in [0.1, 0.15) is 31.3 Å². The van der Waals surface area contributed by atoms with Crippen LogP contribution >= 0.6 is 0 Å². The van der Waals surface area contributed by atoms with Crippen molar-refractivity contribution < 1.29 is 37.9 Å². The van der Waals surface area contributed by atoms with Crippen molar-refractivity contribution in [2.45, 2.75) is 144 Å². The molecule has 8 rings (SSSR count). The first-order chi connectivity index (χ1) is 41.1. The molecule has 0 aliphatic rings. The van der Waals surface area contributed by atoms with Gasteiger partial charge in [-0.1, -0.05) is 256 Å². The van der Waals surface area contributed by atoms with Crippen LogP contribution in [-0.4, -0.2) is 33.0 Å². The first-order valence-electron chi connectivity index (χ1n) is 30.6. The van der Waals surface area contributed by atoms with Gasteiger partial charge >= 0.3 is 0 Å². The molecule has 0 saturated carbocycles. The van der Waals surface area contributed by atoms with Crippen LogP contribution in [0.5, 0.6) is 46.0 Å². The summed E-state index contributed by atoms with van der Waals surface area (Å²) in [5.41, 5.74) is 3.48. The summed E-state index contributed by atoms with van der Waals surface area (Å²) in [6, 6.07) is 74.0. The Kier molecular flexibility index (Phi) is 38.1. The summed E-state index contributed by atoms with van der Waals surface area (Å²) in [6.45, 7) is 16.5. The molecule has 0 spiro atoms. The lowest BCUT2D eigenvalue weighted by molar-refractivity contribution is 0.257. The van der Waals surface area contributed by atoms with E-state index in [0.29, 0.717) is 19.8 Å². The van der Waals surface area contributed by atoms with E-state index >= 15 is 0 Å². The number of hydrogen-bond donors (Lipinski definition) is 0. The van der Waals surface area contributed by atoms with Crippen LogP contribution in [0.3, 0.4) is 0 Å². The second-order valence-electron chi connectivity index (χ2n) is 19.7. The molecule has 0 heterocycles. The number of benzene rings is 8. The molecule has 0 N–H and O–H groups in total. The number of ether oxygens (including phenoxy) is 8. The topological polar surface area (TPSA) is 73.8 Å². The lowest BCUT2D eigenvalue weighted by Crippen LogP contribution is -2.01. The summed E-state index contributed by atoms with van der Waals surface area (Å²) in [4.78, 5) is 0. The molecule has 83 heavy (non-hydrogen) atoms. The summed E-state index contributed by atoms with van der Waals surface area (Å²) in [7, 11) is 0. The fraction of sp³-hybridized carbons (Fsp3) is 0.360. The first kappa shape index (κ1) is 67.7. The van der Waals surface area contributed by atoms with Crippen molar-refractivity contribution in [2.75, 3.05) is 33.0 Å². The number of para-hydroxylation sites is 8. The quantitative estimate of drug-likeness (QED) is 0.0377. The summed E-state index contributed by atoms with van der Waals surface area (Å²) < 4.78 is 45.9. The predicted molar refractivity (Wildman–Crippen MR) is 345 cm³/mol. The zero-order valence-corrected chi connectivity index (χ0v) is 50.7. The van der Waals surface area contributed by atoms with Crippen LogP contribution in [0, 0.1) is 0 Å². The maximum absolute atomic E-state index is 5.88. The van der Waals surface area contributed by atoms with Gasteiger partial charge in [0.25, 0.3) is 0 Å². The Balaban J connectivity index is 0.000000227. The van der Waals surface area contributed by atoms with Crippen molar-refractivity contribution in [3.05, 3.63) is 241 Å². The maximum atomic E-state index is 5.88. The van der Waals surface area contributed by atoms with Crippen LogP contribution in [0.2, 0.25) is 0 Å². The highest BCUT2D eigenvalue weighted by Crippen LogP contribution is 2.30. The van der Waals surface area contributed by atoms with E-state index < -0.39 is 0 Å². The monoisotopic (exact) mass is 1120 g/mol. The van der Waals surface area contributed by atoms with Crippen molar-refractivity contribution in [3.63, 3.8) is 0 Å². The van der Waals surface area contributed by atoms with E-state index in [1.807, 2.05) is 188 Å². The Bertz CT molecular complexity index is 2710. The Morgan fingerprint density at radius 1 is 0.193 bits per heavy atom. The highest BCUT2D eigenvalue weighted by atomic mass is 16.5. The van der Waals surface area contributed by atoms with Gasteiger partial charge in [-0.05, 0) is 109 Å². The summed E-state index contributed by atoms with van der Waals surface area (Å²) >= 11 is 0. The minimum atomic E-state index is 0.564. The first-order valence-corrected chi connectivity index (χ1v) is 30.6. The summed E-state index contributed by atoms with van der Waals surface area (Å²) in [5.74, 6) is 6.89. The highest BCUT2D eigenvalue weighted by Gasteiger charge is 2.07. The van der Waals surface area contributed by atoms with Crippen LogP contribution < -0.4 is 37.9 Å². The van der Waals surface area contributed by atoms with Crippen LogP contribution in [0.15, 0.2) is 224 Å². The zero-order valence-electron chi connectivity index (χ0n) is 50.7. The van der Waals surface area contributed by atoms with Crippen LogP contribution in [-0.2, 0) is 19.8 Å². The molecular formula is C75H96O8. The van der Waals surface area contributed by atoms with E-state index in [4.69, 9.17) is 37.9 Å². The van der Waals surface area contributed by atoms with Gasteiger partial charge in [-0.2, -0.15) is 0 Å². The third-order valence-corrected chi connectivity index (χ3v) is 12.5. The molecule has 8 aromatic rings. The smallest absolute Gasteiger partial charge is 0.161 e. The molecule has 0 radical (unpaired) electrons. The molecule has 444 valence electrons. The maximum Gasteiger partial charge on any atom is 0.161 e. The normalized spacial score (nSPS) is 10.1. The average Bonchev–Trinajstić information content (AvgIpc) is 3.57. The minimum Gasteiger partial charge on any atom is -0.494 e. The van der Waals surface area contributed by atoms with Gasteiger partial charge in [-0.25, -0.2) is 0 Å². The molecule has 0 aliphatic carbocycles. The van der Waals surface area contributed by atoms with Crippen LogP contribution in [0.4, 0.5) is 0 Å². The second-order valence-corrected chi connectivity index (χ2v) is 19.7. The van der Waals surface area contributed by atoms with Crippen LogP contribution in [0.1, 0.15) is 141 Å². The lowest BCUT2D eigenvalue weighted by atomic mass is 10.2. The van der Waals surface area contributed by atoms with Gasteiger partial charge in [-0.15, -0.1) is 0 Å². The predicted octanol–water partition coefficient (Wildman–Crippen LogP) is 20.6. The van der Waals surface area contributed by atoms with Gasteiger partial charge in [0, 0.05) is 0 Å². The van der Waals surface area contributed by atoms with Crippen molar-refractivity contribution in [1.82, 2.24) is 0 Å².